The summed E-state index contributed by atoms with van der Waals surface area (Å²) >= 11 is 1.43. The van der Waals surface area contributed by atoms with Crippen LogP contribution in [0.5, 0.6) is 0 Å². The van der Waals surface area contributed by atoms with Crippen molar-refractivity contribution in [3.05, 3.63) is 23.9 Å². The molecule has 1 saturated heterocycles. The minimum absolute atomic E-state index is 0.228. The number of carboxylic acid groups (broad SMARTS) is 1. The van der Waals surface area contributed by atoms with Crippen molar-refractivity contribution >= 4 is 39.5 Å². The fourth-order valence-electron chi connectivity index (χ4n) is 2.60. The van der Waals surface area contributed by atoms with Crippen LogP contribution in [0.1, 0.15) is 0 Å². The van der Waals surface area contributed by atoms with Crippen LogP contribution in [-0.4, -0.2) is 69.4 Å². The number of rotatable bonds is 3. The van der Waals surface area contributed by atoms with Gasteiger partial charge in [-0.05, 0) is 22.6 Å². The first-order valence-corrected chi connectivity index (χ1v) is 9.37. The van der Waals surface area contributed by atoms with Gasteiger partial charge in [0.05, 0.1) is 0 Å². The molecule has 2 aromatic heterocycles. The van der Waals surface area contributed by atoms with Crippen LogP contribution in [0.2, 0.25) is 0 Å². The van der Waals surface area contributed by atoms with E-state index in [-0.39, 0.29) is 5.91 Å². The van der Waals surface area contributed by atoms with Gasteiger partial charge in [0.25, 0.3) is 5.91 Å². The van der Waals surface area contributed by atoms with Crippen LogP contribution in [0, 0.1) is 0 Å². The molecule has 0 spiro atoms. The Hall–Kier alpha value is -2.18. The molecule has 12 heteroatoms. The standard InChI is InChI=1S/C12H11N7O3S2/c13-9-10(20)18-3-6(5-24(11(9)18)12(21)22)4-23-8-2-1-7-14-16-17-19(7)15-8/h1-3,9,11H,4-5,13H2/p+1/t9?,11-,24?/m1/s1. The van der Waals surface area contributed by atoms with Crippen molar-refractivity contribution in [3.8, 4) is 0 Å². The molecule has 0 bridgehead atoms. The van der Waals surface area contributed by atoms with Gasteiger partial charge in [-0.2, -0.15) is 4.79 Å². The molecule has 0 saturated carbocycles. The van der Waals surface area contributed by atoms with E-state index >= 15 is 0 Å². The Bertz CT molecular complexity index is 869. The molecule has 0 aliphatic carbocycles. The van der Waals surface area contributed by atoms with Crippen molar-refractivity contribution in [2.24, 2.45) is 5.73 Å². The first-order chi connectivity index (χ1) is 11.5. The molecule has 2 aliphatic rings. The monoisotopic (exact) mass is 366 g/mol. The fraction of sp³-hybridized carbons (Fsp3) is 0.333. The molecular weight excluding hydrogens is 354 g/mol. The molecule has 2 unspecified atom stereocenters. The highest BCUT2D eigenvalue weighted by molar-refractivity contribution is 8.11. The largest absolute Gasteiger partial charge is 0.525 e. The Morgan fingerprint density at radius 3 is 3.12 bits per heavy atom. The van der Waals surface area contributed by atoms with Gasteiger partial charge in [-0.1, -0.05) is 11.8 Å². The predicted octanol–water partition coefficient (Wildman–Crippen LogP) is -0.699. The molecule has 24 heavy (non-hydrogen) atoms. The minimum Gasteiger partial charge on any atom is -0.441 e. The molecule has 3 N–H and O–H groups in total. The summed E-state index contributed by atoms with van der Waals surface area (Å²) < 4.78 is 1.33. The van der Waals surface area contributed by atoms with Gasteiger partial charge in [0.1, 0.15) is 21.7 Å². The SMILES string of the molecule is NC1C(=O)N2C=C(CSc3ccc4nnnn4n3)C[S+](C(=O)O)[C@H]12. The number of hydrogen-bond donors (Lipinski definition) is 2. The summed E-state index contributed by atoms with van der Waals surface area (Å²) in [6, 6.07) is 2.84. The number of nitrogens with zero attached hydrogens (tertiary/aromatic N) is 6. The summed E-state index contributed by atoms with van der Waals surface area (Å²) in [7, 11) is -0.982. The molecule has 1 fully saturated rings. The Morgan fingerprint density at radius 1 is 1.50 bits per heavy atom. The van der Waals surface area contributed by atoms with Gasteiger partial charge >= 0.3 is 5.30 Å². The molecule has 124 valence electrons. The van der Waals surface area contributed by atoms with Crippen molar-refractivity contribution in [3.63, 3.8) is 0 Å². The summed E-state index contributed by atoms with van der Waals surface area (Å²) in [6.45, 7) is 0. The topological polar surface area (TPSA) is 140 Å². The molecule has 1 amide bonds. The Kier molecular flexibility index (Phi) is 3.66. The van der Waals surface area contributed by atoms with Gasteiger partial charge in [0.15, 0.2) is 11.7 Å². The highest BCUT2D eigenvalue weighted by Gasteiger charge is 2.60. The van der Waals surface area contributed by atoms with Gasteiger partial charge in [0, 0.05) is 17.5 Å². The second kappa shape index (κ2) is 5.72. The number of nitrogens with two attached hydrogens (primary N) is 1. The number of carbonyl (C=O) groups excluding carboxylic acids is 1. The zero-order valence-corrected chi connectivity index (χ0v) is 13.8. The zero-order valence-electron chi connectivity index (χ0n) is 12.1. The van der Waals surface area contributed by atoms with Crippen LogP contribution in [0.4, 0.5) is 4.79 Å². The van der Waals surface area contributed by atoms with E-state index in [1.165, 1.54) is 21.3 Å². The lowest BCUT2D eigenvalue weighted by molar-refractivity contribution is -0.140. The van der Waals surface area contributed by atoms with Crippen LogP contribution < -0.4 is 5.73 Å². The summed E-state index contributed by atoms with van der Waals surface area (Å²) in [5.41, 5.74) is 7.17. The van der Waals surface area contributed by atoms with Gasteiger partial charge < -0.3 is 10.8 Å². The van der Waals surface area contributed by atoms with Crippen LogP contribution in [-0.2, 0) is 15.7 Å². The molecule has 4 heterocycles. The quantitative estimate of drug-likeness (QED) is 0.410. The summed E-state index contributed by atoms with van der Waals surface area (Å²) in [4.78, 5) is 24.8. The van der Waals surface area contributed by atoms with Crippen LogP contribution in [0.15, 0.2) is 28.9 Å². The van der Waals surface area contributed by atoms with Crippen molar-refractivity contribution < 1.29 is 14.7 Å². The fourth-order valence-corrected chi connectivity index (χ4v) is 5.53. The summed E-state index contributed by atoms with van der Waals surface area (Å²) in [5, 5.41) is 24.1. The number of fused-ring (bicyclic) bond motifs is 2. The van der Waals surface area contributed by atoms with Crippen molar-refractivity contribution in [1.29, 1.82) is 0 Å². The second-order valence-corrected chi connectivity index (χ2v) is 8.25. The highest BCUT2D eigenvalue weighted by Crippen LogP contribution is 2.34. The number of β-lactam (4-membered cyclic amide) rings is 1. The molecule has 0 radical (unpaired) electrons. The third-order valence-corrected chi connectivity index (χ3v) is 7.01. The molecule has 3 atom stereocenters. The van der Waals surface area contributed by atoms with E-state index in [2.05, 4.69) is 20.6 Å². The van der Waals surface area contributed by atoms with E-state index in [1.807, 2.05) is 0 Å². The van der Waals surface area contributed by atoms with Gasteiger partial charge in [-0.3, -0.25) is 9.69 Å². The predicted molar refractivity (Wildman–Crippen MR) is 86.3 cm³/mol. The third-order valence-electron chi connectivity index (χ3n) is 3.75. The third kappa shape index (κ3) is 2.42. The Balaban J connectivity index is 1.50. The lowest BCUT2D eigenvalue weighted by atomic mass is 10.1. The van der Waals surface area contributed by atoms with Crippen molar-refractivity contribution in [2.75, 3.05) is 11.5 Å². The Labute approximate surface area is 142 Å². The maximum Gasteiger partial charge on any atom is 0.525 e. The van der Waals surface area contributed by atoms with Crippen LogP contribution in [0.25, 0.3) is 5.65 Å². The minimum atomic E-state index is -0.982. The number of hydrogen-bond acceptors (Lipinski definition) is 8. The summed E-state index contributed by atoms with van der Waals surface area (Å²) in [6.07, 6.45) is 1.73. The van der Waals surface area contributed by atoms with Crippen molar-refractivity contribution in [2.45, 2.75) is 16.4 Å². The van der Waals surface area contributed by atoms with Crippen LogP contribution in [0.3, 0.4) is 0 Å². The molecule has 2 aromatic rings. The first-order valence-electron chi connectivity index (χ1n) is 6.93. The molecule has 0 aromatic carbocycles. The zero-order chi connectivity index (χ0) is 16.8. The molecule has 2 aliphatic heterocycles. The average molecular weight is 366 g/mol. The Morgan fingerprint density at radius 2 is 2.33 bits per heavy atom. The summed E-state index contributed by atoms with van der Waals surface area (Å²) in [5.74, 6) is 0.704. The number of carbonyl (C=O) groups is 2. The maximum absolute atomic E-state index is 11.8. The number of tetrazole rings is 1. The first kappa shape index (κ1) is 15.4. The van der Waals surface area contributed by atoms with Gasteiger partial charge in [0.2, 0.25) is 5.37 Å². The maximum atomic E-state index is 11.8. The lowest BCUT2D eigenvalue weighted by Crippen LogP contribution is -2.71. The van der Waals surface area contributed by atoms with E-state index in [4.69, 9.17) is 5.73 Å². The van der Waals surface area contributed by atoms with E-state index in [0.717, 1.165) is 5.57 Å². The van der Waals surface area contributed by atoms with Crippen LogP contribution >= 0.6 is 11.8 Å². The van der Waals surface area contributed by atoms with Crippen molar-refractivity contribution in [1.82, 2.24) is 30.2 Å². The lowest BCUT2D eigenvalue weighted by Gasteiger charge is -2.42. The van der Waals surface area contributed by atoms with E-state index in [1.54, 1.807) is 18.3 Å². The molecule has 4 rings (SSSR count). The van der Waals surface area contributed by atoms with E-state index < -0.39 is 27.6 Å². The van der Waals surface area contributed by atoms with Gasteiger partial charge in [-0.25, -0.2) is 0 Å². The smallest absolute Gasteiger partial charge is 0.441 e. The molecule has 10 nitrogen and oxygen atoms in total. The number of thioether (sulfide) groups is 1. The highest BCUT2D eigenvalue weighted by atomic mass is 32.2. The second-order valence-electron chi connectivity index (χ2n) is 5.28. The average Bonchev–Trinajstić information content (AvgIpc) is 3.06. The number of aromatic nitrogens is 5. The number of amides is 1. The van der Waals surface area contributed by atoms with E-state index in [0.29, 0.717) is 22.2 Å². The van der Waals surface area contributed by atoms with Gasteiger partial charge in [-0.15, -0.1) is 14.8 Å². The molecular formula is C12H12N7O3S2+. The van der Waals surface area contributed by atoms with E-state index in [9.17, 15) is 14.7 Å². The normalized spacial score (nSPS) is 26.0.